The number of hydrogen-bond acceptors (Lipinski definition) is 2. The Kier molecular flexibility index (Phi) is 4.86. The van der Waals surface area contributed by atoms with E-state index in [0.717, 1.165) is 42.8 Å². The number of carbonyl (C=O) groups is 1. The smallest absolute Gasteiger partial charge is 0.233 e. The first-order chi connectivity index (χ1) is 11.2. The molecule has 1 aliphatic carbocycles. The largest absolute Gasteiger partial charge is 0.326 e. The third-order valence-corrected chi connectivity index (χ3v) is 4.21. The number of anilines is 1. The molecular weight excluding hydrogens is 284 g/mol. The van der Waals surface area contributed by atoms with E-state index in [4.69, 9.17) is 4.99 Å². The van der Waals surface area contributed by atoms with E-state index < -0.39 is 0 Å². The van der Waals surface area contributed by atoms with Crippen LogP contribution < -0.4 is 5.32 Å². The van der Waals surface area contributed by atoms with Crippen molar-refractivity contribution in [1.82, 2.24) is 0 Å². The lowest BCUT2D eigenvalue weighted by Crippen LogP contribution is -2.32. The number of aryl methyl sites for hydroxylation is 1. The van der Waals surface area contributed by atoms with E-state index >= 15 is 0 Å². The number of nitrogens with one attached hydrogen (secondary N) is 1. The molecule has 0 spiro atoms. The summed E-state index contributed by atoms with van der Waals surface area (Å²) in [5.74, 6) is -0.0632. The van der Waals surface area contributed by atoms with Gasteiger partial charge in [-0.05, 0) is 56.0 Å². The monoisotopic (exact) mass is 306 g/mol. The molecule has 0 bridgehead atoms. The Morgan fingerprint density at radius 2 is 1.91 bits per heavy atom. The molecule has 23 heavy (non-hydrogen) atoms. The molecule has 0 saturated heterocycles. The molecule has 1 atom stereocenters. The second-order valence-electron chi connectivity index (χ2n) is 6.10. The Balaban J connectivity index is 1.79. The highest BCUT2D eigenvalue weighted by atomic mass is 16.1. The minimum atomic E-state index is -0.121. The summed E-state index contributed by atoms with van der Waals surface area (Å²) in [6, 6.07) is 17.8. The highest BCUT2D eigenvalue weighted by molar-refractivity contribution is 6.10. The molecule has 118 valence electrons. The quantitative estimate of drug-likeness (QED) is 0.861. The zero-order chi connectivity index (χ0) is 16.1. The van der Waals surface area contributed by atoms with E-state index in [0.29, 0.717) is 0 Å². The number of hydrogen-bond donors (Lipinski definition) is 1. The number of amides is 1. The molecule has 3 nitrogen and oxygen atoms in total. The van der Waals surface area contributed by atoms with Crippen LogP contribution in [0.5, 0.6) is 0 Å². The van der Waals surface area contributed by atoms with Crippen molar-refractivity contribution in [2.24, 2.45) is 10.9 Å². The van der Waals surface area contributed by atoms with Crippen LogP contribution in [0.4, 0.5) is 11.4 Å². The van der Waals surface area contributed by atoms with Crippen LogP contribution in [-0.2, 0) is 4.79 Å². The minimum absolute atomic E-state index is 0.0577. The van der Waals surface area contributed by atoms with E-state index in [-0.39, 0.29) is 11.8 Å². The Morgan fingerprint density at radius 1 is 1.09 bits per heavy atom. The maximum atomic E-state index is 12.6. The van der Waals surface area contributed by atoms with Crippen molar-refractivity contribution in [3.63, 3.8) is 0 Å². The molecule has 0 aliphatic heterocycles. The molecule has 3 rings (SSSR count). The van der Waals surface area contributed by atoms with Crippen molar-refractivity contribution in [2.45, 2.75) is 32.6 Å². The second kappa shape index (κ2) is 7.23. The molecule has 0 radical (unpaired) electrons. The number of benzene rings is 2. The molecule has 0 heterocycles. The average Bonchev–Trinajstić information content (AvgIpc) is 2.56. The van der Waals surface area contributed by atoms with Crippen LogP contribution in [0, 0.1) is 12.8 Å². The summed E-state index contributed by atoms with van der Waals surface area (Å²) in [6.07, 6.45) is 3.98. The van der Waals surface area contributed by atoms with Gasteiger partial charge >= 0.3 is 0 Å². The number of nitrogens with zero attached hydrogens (tertiary/aromatic N) is 1. The predicted octanol–water partition coefficient (Wildman–Crippen LogP) is 4.90. The van der Waals surface area contributed by atoms with Crippen molar-refractivity contribution in [2.75, 3.05) is 5.32 Å². The maximum Gasteiger partial charge on any atom is 0.233 e. The van der Waals surface area contributed by atoms with Gasteiger partial charge in [-0.15, -0.1) is 0 Å². The average molecular weight is 306 g/mol. The summed E-state index contributed by atoms with van der Waals surface area (Å²) in [6.45, 7) is 2.06. The van der Waals surface area contributed by atoms with Crippen molar-refractivity contribution < 1.29 is 4.79 Å². The summed E-state index contributed by atoms with van der Waals surface area (Å²) in [7, 11) is 0. The lowest BCUT2D eigenvalue weighted by atomic mass is 9.86. The van der Waals surface area contributed by atoms with E-state index in [1.165, 1.54) is 5.56 Å². The van der Waals surface area contributed by atoms with Gasteiger partial charge < -0.3 is 5.32 Å². The first-order valence-electron chi connectivity index (χ1n) is 8.22. The van der Waals surface area contributed by atoms with Crippen molar-refractivity contribution in [3.8, 4) is 0 Å². The molecule has 0 aromatic heterocycles. The normalized spacial score (nSPS) is 19.5. The van der Waals surface area contributed by atoms with Crippen molar-refractivity contribution in [3.05, 3.63) is 60.2 Å². The lowest BCUT2D eigenvalue weighted by Gasteiger charge is -2.23. The fourth-order valence-corrected chi connectivity index (χ4v) is 3.03. The molecule has 1 aliphatic rings. The highest BCUT2D eigenvalue weighted by Crippen LogP contribution is 2.26. The van der Waals surface area contributed by atoms with Crippen LogP contribution >= 0.6 is 0 Å². The number of aliphatic imine (C=N–C) groups is 1. The van der Waals surface area contributed by atoms with Gasteiger partial charge in [-0.2, -0.15) is 0 Å². The molecular formula is C20H22N2O. The number of rotatable bonds is 3. The Labute approximate surface area is 137 Å². The van der Waals surface area contributed by atoms with Crippen LogP contribution in [0.2, 0.25) is 0 Å². The molecule has 1 unspecified atom stereocenters. The van der Waals surface area contributed by atoms with Gasteiger partial charge in [0.25, 0.3) is 0 Å². The molecule has 3 heteroatoms. The molecule has 1 amide bonds. The SMILES string of the molecule is Cc1cccc(N=C2CCCCC2C(=O)Nc2ccccc2)c1. The fraction of sp³-hybridized carbons (Fsp3) is 0.300. The van der Waals surface area contributed by atoms with Crippen LogP contribution in [0.15, 0.2) is 59.6 Å². The Morgan fingerprint density at radius 3 is 2.70 bits per heavy atom. The molecule has 2 aromatic rings. The van der Waals surface area contributed by atoms with Gasteiger partial charge in [-0.1, -0.05) is 36.8 Å². The summed E-state index contributed by atoms with van der Waals surface area (Å²) in [5.41, 5.74) is 3.99. The zero-order valence-electron chi connectivity index (χ0n) is 13.5. The summed E-state index contributed by atoms with van der Waals surface area (Å²) in [5, 5.41) is 3.02. The maximum absolute atomic E-state index is 12.6. The van der Waals surface area contributed by atoms with Gasteiger partial charge in [0.1, 0.15) is 0 Å². The Bertz CT molecular complexity index is 707. The zero-order valence-corrected chi connectivity index (χ0v) is 13.5. The van der Waals surface area contributed by atoms with Gasteiger partial charge in [-0.3, -0.25) is 9.79 Å². The third kappa shape index (κ3) is 4.07. The first kappa shape index (κ1) is 15.5. The van der Waals surface area contributed by atoms with E-state index in [1.54, 1.807) is 0 Å². The number of carbonyl (C=O) groups excluding carboxylic acids is 1. The van der Waals surface area contributed by atoms with Crippen LogP contribution in [0.3, 0.4) is 0 Å². The second-order valence-corrected chi connectivity index (χ2v) is 6.10. The van der Waals surface area contributed by atoms with E-state index in [1.807, 2.05) is 42.5 Å². The molecule has 1 N–H and O–H groups in total. The van der Waals surface area contributed by atoms with Crippen molar-refractivity contribution >= 4 is 23.0 Å². The van der Waals surface area contributed by atoms with Gasteiger partial charge in [0.05, 0.1) is 11.6 Å². The summed E-state index contributed by atoms with van der Waals surface area (Å²) < 4.78 is 0. The first-order valence-corrected chi connectivity index (χ1v) is 8.22. The summed E-state index contributed by atoms with van der Waals surface area (Å²) in [4.78, 5) is 17.4. The standard InChI is InChI=1S/C20H22N2O/c1-15-8-7-11-17(14-15)21-19-13-6-5-12-18(19)20(23)22-16-9-3-2-4-10-16/h2-4,7-11,14,18H,5-6,12-13H2,1H3,(H,22,23). The van der Waals surface area contributed by atoms with Crippen LogP contribution in [0.25, 0.3) is 0 Å². The minimum Gasteiger partial charge on any atom is -0.326 e. The van der Waals surface area contributed by atoms with E-state index in [2.05, 4.69) is 24.4 Å². The topological polar surface area (TPSA) is 41.5 Å². The summed E-state index contributed by atoms with van der Waals surface area (Å²) >= 11 is 0. The number of para-hydroxylation sites is 1. The lowest BCUT2D eigenvalue weighted by molar-refractivity contribution is -0.118. The van der Waals surface area contributed by atoms with Gasteiger partial charge in [-0.25, -0.2) is 0 Å². The molecule has 2 aromatic carbocycles. The molecule has 1 saturated carbocycles. The highest BCUT2D eigenvalue weighted by Gasteiger charge is 2.27. The fourth-order valence-electron chi connectivity index (χ4n) is 3.03. The van der Waals surface area contributed by atoms with Crippen LogP contribution in [0.1, 0.15) is 31.2 Å². The third-order valence-electron chi connectivity index (χ3n) is 4.21. The van der Waals surface area contributed by atoms with E-state index in [9.17, 15) is 4.79 Å². The van der Waals surface area contributed by atoms with Gasteiger partial charge in [0.2, 0.25) is 5.91 Å². The van der Waals surface area contributed by atoms with Gasteiger partial charge in [0.15, 0.2) is 0 Å². The van der Waals surface area contributed by atoms with Crippen LogP contribution in [-0.4, -0.2) is 11.6 Å². The predicted molar refractivity (Wildman–Crippen MR) is 95.3 cm³/mol. The Hall–Kier alpha value is -2.42. The van der Waals surface area contributed by atoms with Gasteiger partial charge in [0, 0.05) is 11.4 Å². The van der Waals surface area contributed by atoms with Crippen molar-refractivity contribution in [1.29, 1.82) is 0 Å². The molecule has 1 fully saturated rings.